The van der Waals surface area contributed by atoms with E-state index in [4.69, 9.17) is 11.6 Å². The standard InChI is InChI=1S/C14H19ClOS/c1-13(2)7-8-17-10-14(13,16)9-11-3-5-12(15)6-4-11/h3-6,16H,7-10H2,1-2H3. The summed E-state index contributed by atoms with van der Waals surface area (Å²) in [6.07, 6.45) is 1.78. The number of hydrogen-bond acceptors (Lipinski definition) is 2. The first kappa shape index (κ1) is 13.3. The maximum absolute atomic E-state index is 10.9. The minimum Gasteiger partial charge on any atom is -0.388 e. The van der Waals surface area contributed by atoms with Crippen molar-refractivity contribution >= 4 is 23.4 Å². The van der Waals surface area contributed by atoms with E-state index in [2.05, 4.69) is 13.8 Å². The van der Waals surface area contributed by atoms with E-state index in [1.54, 1.807) is 0 Å². The molecule has 1 aliphatic rings. The average molecular weight is 271 g/mol. The Labute approximate surface area is 113 Å². The number of thioether (sulfide) groups is 1. The van der Waals surface area contributed by atoms with Crippen molar-refractivity contribution in [1.29, 1.82) is 0 Å². The molecule has 1 aromatic rings. The zero-order valence-corrected chi connectivity index (χ0v) is 11.9. The fraction of sp³-hybridized carbons (Fsp3) is 0.571. The van der Waals surface area contributed by atoms with Gasteiger partial charge >= 0.3 is 0 Å². The first-order valence-electron chi connectivity index (χ1n) is 5.98. The number of aliphatic hydroxyl groups is 1. The summed E-state index contributed by atoms with van der Waals surface area (Å²) in [6.45, 7) is 4.34. The highest BCUT2D eigenvalue weighted by Crippen LogP contribution is 2.44. The molecule has 0 saturated carbocycles. The second kappa shape index (κ2) is 4.83. The van der Waals surface area contributed by atoms with E-state index in [-0.39, 0.29) is 5.41 Å². The lowest BCUT2D eigenvalue weighted by molar-refractivity contribution is -0.0512. The first-order valence-corrected chi connectivity index (χ1v) is 7.51. The Bertz CT molecular complexity index is 388. The number of hydrogen-bond donors (Lipinski definition) is 1. The van der Waals surface area contributed by atoms with Gasteiger partial charge in [0.15, 0.2) is 0 Å². The van der Waals surface area contributed by atoms with Crippen LogP contribution in [0.1, 0.15) is 25.8 Å². The van der Waals surface area contributed by atoms with Gasteiger partial charge in [0.25, 0.3) is 0 Å². The summed E-state index contributed by atoms with van der Waals surface area (Å²) in [5.41, 5.74) is 0.536. The molecule has 94 valence electrons. The van der Waals surface area contributed by atoms with E-state index >= 15 is 0 Å². The Morgan fingerprint density at radius 3 is 2.53 bits per heavy atom. The molecule has 0 bridgehead atoms. The molecule has 1 atom stereocenters. The molecule has 1 heterocycles. The Morgan fingerprint density at radius 2 is 1.94 bits per heavy atom. The lowest BCUT2D eigenvalue weighted by atomic mass is 9.70. The molecular formula is C14H19ClOS. The number of rotatable bonds is 2. The van der Waals surface area contributed by atoms with E-state index < -0.39 is 5.60 Å². The highest BCUT2D eigenvalue weighted by Gasteiger charge is 2.45. The molecule has 1 nitrogen and oxygen atoms in total. The molecule has 17 heavy (non-hydrogen) atoms. The summed E-state index contributed by atoms with van der Waals surface area (Å²) >= 11 is 7.73. The van der Waals surface area contributed by atoms with Crippen LogP contribution in [0, 0.1) is 5.41 Å². The third-order valence-electron chi connectivity index (χ3n) is 3.88. The zero-order chi connectivity index (χ0) is 12.5. The van der Waals surface area contributed by atoms with Crippen molar-refractivity contribution < 1.29 is 5.11 Å². The van der Waals surface area contributed by atoms with Gasteiger partial charge in [-0.3, -0.25) is 0 Å². The maximum Gasteiger partial charge on any atom is 0.0828 e. The zero-order valence-electron chi connectivity index (χ0n) is 10.4. The van der Waals surface area contributed by atoms with Gasteiger partial charge in [-0.05, 0) is 35.3 Å². The molecule has 1 unspecified atom stereocenters. The van der Waals surface area contributed by atoms with Crippen molar-refractivity contribution in [2.45, 2.75) is 32.3 Å². The molecule has 2 rings (SSSR count). The summed E-state index contributed by atoms with van der Waals surface area (Å²) in [6, 6.07) is 7.80. The molecule has 3 heteroatoms. The van der Waals surface area contributed by atoms with Gasteiger partial charge in [0, 0.05) is 17.2 Å². The van der Waals surface area contributed by atoms with Crippen LogP contribution in [-0.2, 0) is 6.42 Å². The predicted octanol–water partition coefficient (Wildman–Crippen LogP) is 3.78. The third kappa shape index (κ3) is 2.81. The molecule has 0 amide bonds. The monoisotopic (exact) mass is 270 g/mol. The maximum atomic E-state index is 10.9. The number of benzene rings is 1. The highest BCUT2D eigenvalue weighted by atomic mass is 35.5. The molecule has 0 spiro atoms. The minimum absolute atomic E-state index is 0.0160. The van der Waals surface area contributed by atoms with Gasteiger partial charge in [-0.2, -0.15) is 11.8 Å². The summed E-state index contributed by atoms with van der Waals surface area (Å²) in [4.78, 5) is 0. The SMILES string of the molecule is CC1(C)CCSCC1(O)Cc1ccc(Cl)cc1. The molecular weight excluding hydrogens is 252 g/mol. The Hall–Kier alpha value is -0.180. The van der Waals surface area contributed by atoms with Gasteiger partial charge in [0.05, 0.1) is 5.60 Å². The van der Waals surface area contributed by atoms with Crippen molar-refractivity contribution in [1.82, 2.24) is 0 Å². The van der Waals surface area contributed by atoms with Gasteiger partial charge < -0.3 is 5.11 Å². The van der Waals surface area contributed by atoms with Crippen LogP contribution in [0.5, 0.6) is 0 Å². The highest BCUT2D eigenvalue weighted by molar-refractivity contribution is 7.99. The molecule has 0 radical (unpaired) electrons. The van der Waals surface area contributed by atoms with Gasteiger partial charge in [0.2, 0.25) is 0 Å². The predicted molar refractivity (Wildman–Crippen MR) is 75.8 cm³/mol. The molecule has 1 N–H and O–H groups in total. The van der Waals surface area contributed by atoms with Crippen molar-refractivity contribution in [2.75, 3.05) is 11.5 Å². The van der Waals surface area contributed by atoms with Crippen molar-refractivity contribution in [3.05, 3.63) is 34.9 Å². The van der Waals surface area contributed by atoms with Gasteiger partial charge in [-0.15, -0.1) is 0 Å². The van der Waals surface area contributed by atoms with E-state index in [0.717, 1.165) is 28.5 Å². The summed E-state index contributed by atoms with van der Waals surface area (Å²) < 4.78 is 0. The third-order valence-corrected chi connectivity index (χ3v) is 5.31. The van der Waals surface area contributed by atoms with Crippen LogP contribution in [0.15, 0.2) is 24.3 Å². The van der Waals surface area contributed by atoms with Crippen LogP contribution in [-0.4, -0.2) is 22.2 Å². The molecule has 1 aromatic carbocycles. The summed E-state index contributed by atoms with van der Waals surface area (Å²) in [7, 11) is 0. The van der Waals surface area contributed by atoms with Crippen LogP contribution in [0.2, 0.25) is 5.02 Å². The topological polar surface area (TPSA) is 20.2 Å². The van der Waals surface area contributed by atoms with Crippen molar-refractivity contribution in [3.8, 4) is 0 Å². The normalized spacial score (nSPS) is 28.0. The second-order valence-corrected chi connectivity index (χ2v) is 7.06. The van der Waals surface area contributed by atoms with Crippen LogP contribution >= 0.6 is 23.4 Å². The Balaban J connectivity index is 2.18. The molecule has 1 aliphatic heterocycles. The quantitative estimate of drug-likeness (QED) is 0.883. The van der Waals surface area contributed by atoms with Crippen LogP contribution in [0.25, 0.3) is 0 Å². The van der Waals surface area contributed by atoms with Gasteiger partial charge in [-0.1, -0.05) is 37.6 Å². The fourth-order valence-electron chi connectivity index (χ4n) is 2.23. The second-order valence-electron chi connectivity index (χ2n) is 5.52. The lowest BCUT2D eigenvalue weighted by Gasteiger charge is -2.46. The minimum atomic E-state index is -0.607. The Kier molecular flexibility index (Phi) is 3.77. The van der Waals surface area contributed by atoms with Crippen molar-refractivity contribution in [2.24, 2.45) is 5.41 Å². The molecule has 0 aromatic heterocycles. The fourth-order valence-corrected chi connectivity index (χ4v) is 3.98. The van der Waals surface area contributed by atoms with Crippen molar-refractivity contribution in [3.63, 3.8) is 0 Å². The van der Waals surface area contributed by atoms with Gasteiger partial charge in [-0.25, -0.2) is 0 Å². The van der Waals surface area contributed by atoms with E-state index in [9.17, 15) is 5.11 Å². The van der Waals surface area contributed by atoms with Crippen LogP contribution in [0.4, 0.5) is 0 Å². The summed E-state index contributed by atoms with van der Waals surface area (Å²) in [5.74, 6) is 1.97. The van der Waals surface area contributed by atoms with Gasteiger partial charge in [0.1, 0.15) is 0 Å². The smallest absolute Gasteiger partial charge is 0.0828 e. The largest absolute Gasteiger partial charge is 0.388 e. The Morgan fingerprint density at radius 1 is 1.29 bits per heavy atom. The lowest BCUT2D eigenvalue weighted by Crippen LogP contribution is -2.51. The first-order chi connectivity index (χ1) is 7.93. The number of halogens is 1. The van der Waals surface area contributed by atoms with E-state index in [1.165, 1.54) is 0 Å². The van der Waals surface area contributed by atoms with E-state index in [1.807, 2.05) is 36.0 Å². The van der Waals surface area contributed by atoms with Crippen LogP contribution in [0.3, 0.4) is 0 Å². The summed E-state index contributed by atoms with van der Waals surface area (Å²) in [5, 5.41) is 11.6. The molecule has 1 saturated heterocycles. The molecule has 0 aliphatic carbocycles. The van der Waals surface area contributed by atoms with Crippen LogP contribution < -0.4 is 0 Å². The average Bonchev–Trinajstić information content (AvgIpc) is 2.26. The molecule has 1 fully saturated rings. The van der Waals surface area contributed by atoms with E-state index in [0.29, 0.717) is 6.42 Å².